The van der Waals surface area contributed by atoms with Crippen LogP contribution in [0.25, 0.3) is 0 Å². The molecule has 2 rings (SSSR count). The Morgan fingerprint density at radius 2 is 1.95 bits per heavy atom. The Bertz CT molecular complexity index is 581. The maximum absolute atomic E-state index is 5.59. The van der Waals surface area contributed by atoms with Gasteiger partial charge in [0.1, 0.15) is 5.75 Å². The summed E-state index contributed by atoms with van der Waals surface area (Å²) >= 11 is 5.74. The minimum Gasteiger partial charge on any atom is -0.493 e. The molecular formula is C15H13BrINO. The van der Waals surface area contributed by atoms with Crippen molar-refractivity contribution in [3.05, 3.63) is 56.1 Å². The van der Waals surface area contributed by atoms with Crippen LogP contribution in [0.2, 0.25) is 0 Å². The molecule has 0 bridgehead atoms. The van der Waals surface area contributed by atoms with E-state index < -0.39 is 0 Å². The lowest BCUT2D eigenvalue weighted by molar-refractivity contribution is 0.339. The second-order valence-electron chi connectivity index (χ2n) is 3.85. The fourth-order valence-electron chi connectivity index (χ4n) is 1.58. The maximum atomic E-state index is 5.59. The molecule has 2 aromatic rings. The second kappa shape index (κ2) is 7.05. The van der Waals surface area contributed by atoms with Crippen LogP contribution in [0.4, 0.5) is 5.69 Å². The van der Waals surface area contributed by atoms with E-state index in [1.54, 1.807) is 0 Å². The van der Waals surface area contributed by atoms with Gasteiger partial charge in [-0.1, -0.05) is 15.9 Å². The molecule has 0 amide bonds. The van der Waals surface area contributed by atoms with Crippen molar-refractivity contribution < 1.29 is 4.74 Å². The monoisotopic (exact) mass is 429 g/mol. The van der Waals surface area contributed by atoms with Gasteiger partial charge in [-0.2, -0.15) is 0 Å². The summed E-state index contributed by atoms with van der Waals surface area (Å²) in [6, 6.07) is 14.0. The van der Waals surface area contributed by atoms with Gasteiger partial charge in [-0.15, -0.1) is 0 Å². The van der Waals surface area contributed by atoms with Gasteiger partial charge in [-0.05, 0) is 72.0 Å². The molecule has 19 heavy (non-hydrogen) atoms. The lowest BCUT2D eigenvalue weighted by atomic mass is 10.2. The number of ether oxygens (including phenoxy) is 1. The lowest BCUT2D eigenvalue weighted by Gasteiger charge is -2.07. The van der Waals surface area contributed by atoms with Crippen LogP contribution in [-0.2, 0) is 0 Å². The molecule has 0 spiro atoms. The Labute approximate surface area is 135 Å². The highest BCUT2D eigenvalue weighted by Crippen LogP contribution is 2.23. The fraction of sp³-hybridized carbons (Fsp3) is 0.133. The normalized spacial score (nSPS) is 10.9. The number of nitrogens with zero attached hydrogens (tertiary/aromatic N) is 1. The zero-order chi connectivity index (χ0) is 13.7. The molecule has 2 nitrogen and oxygen atoms in total. The van der Waals surface area contributed by atoms with Crippen molar-refractivity contribution in [2.24, 2.45) is 4.99 Å². The van der Waals surface area contributed by atoms with E-state index >= 15 is 0 Å². The molecule has 0 aliphatic carbocycles. The number of rotatable bonds is 4. The van der Waals surface area contributed by atoms with Crippen LogP contribution in [-0.4, -0.2) is 12.8 Å². The van der Waals surface area contributed by atoms with Crippen LogP contribution in [0.5, 0.6) is 5.75 Å². The number of hydrogen-bond donors (Lipinski definition) is 0. The van der Waals surface area contributed by atoms with Crippen molar-refractivity contribution in [1.82, 2.24) is 0 Å². The molecule has 0 atom stereocenters. The first-order valence-electron chi connectivity index (χ1n) is 5.91. The highest BCUT2D eigenvalue weighted by Gasteiger charge is 2.01. The van der Waals surface area contributed by atoms with Gasteiger partial charge in [-0.25, -0.2) is 0 Å². The van der Waals surface area contributed by atoms with Crippen molar-refractivity contribution in [2.45, 2.75) is 6.92 Å². The van der Waals surface area contributed by atoms with E-state index in [9.17, 15) is 0 Å². The van der Waals surface area contributed by atoms with E-state index in [4.69, 9.17) is 4.74 Å². The summed E-state index contributed by atoms with van der Waals surface area (Å²) in [6.45, 7) is 2.62. The van der Waals surface area contributed by atoms with Crippen molar-refractivity contribution in [3.8, 4) is 5.75 Å². The van der Waals surface area contributed by atoms with Gasteiger partial charge in [0.25, 0.3) is 0 Å². The van der Waals surface area contributed by atoms with Gasteiger partial charge in [-0.3, -0.25) is 4.99 Å². The van der Waals surface area contributed by atoms with E-state index in [2.05, 4.69) is 43.5 Å². The predicted molar refractivity (Wildman–Crippen MR) is 91.7 cm³/mol. The zero-order valence-electron chi connectivity index (χ0n) is 10.4. The fourth-order valence-corrected chi connectivity index (χ4v) is 2.32. The molecule has 0 aliphatic heterocycles. The molecule has 0 heterocycles. The first-order chi connectivity index (χ1) is 9.19. The molecule has 0 fully saturated rings. The second-order valence-corrected chi connectivity index (χ2v) is 6.01. The third-order valence-electron chi connectivity index (χ3n) is 2.45. The molecule has 0 unspecified atom stereocenters. The van der Waals surface area contributed by atoms with Gasteiger partial charge in [0, 0.05) is 19.8 Å². The summed E-state index contributed by atoms with van der Waals surface area (Å²) in [5, 5.41) is 0. The SMILES string of the molecule is CCOc1ccc(Br)cc1/C=N/c1ccc(I)cc1. The van der Waals surface area contributed by atoms with Crippen LogP contribution in [0.1, 0.15) is 12.5 Å². The highest BCUT2D eigenvalue weighted by atomic mass is 127. The first kappa shape index (κ1) is 14.5. The molecule has 0 aliphatic rings. The van der Waals surface area contributed by atoms with E-state index in [1.165, 1.54) is 3.57 Å². The molecule has 0 saturated carbocycles. The molecule has 98 valence electrons. The average Bonchev–Trinajstić information content (AvgIpc) is 2.41. The van der Waals surface area contributed by atoms with Crippen molar-refractivity contribution in [3.63, 3.8) is 0 Å². The Kier molecular flexibility index (Phi) is 5.39. The van der Waals surface area contributed by atoms with Gasteiger partial charge >= 0.3 is 0 Å². The molecule has 0 aromatic heterocycles. The van der Waals surface area contributed by atoms with Crippen molar-refractivity contribution in [1.29, 1.82) is 0 Å². The predicted octanol–water partition coefficient (Wildman–Crippen LogP) is 5.20. The number of benzene rings is 2. The van der Waals surface area contributed by atoms with E-state index in [0.29, 0.717) is 6.61 Å². The average molecular weight is 430 g/mol. The third kappa shape index (κ3) is 4.31. The Morgan fingerprint density at radius 3 is 2.63 bits per heavy atom. The van der Waals surface area contributed by atoms with Crippen LogP contribution < -0.4 is 4.74 Å². The molecular weight excluding hydrogens is 417 g/mol. The summed E-state index contributed by atoms with van der Waals surface area (Å²) < 4.78 is 7.80. The van der Waals surface area contributed by atoms with Gasteiger partial charge in [0.2, 0.25) is 0 Å². The minimum atomic E-state index is 0.645. The molecule has 2 aromatic carbocycles. The lowest BCUT2D eigenvalue weighted by Crippen LogP contribution is -1.95. The summed E-state index contributed by atoms with van der Waals surface area (Å²) in [4.78, 5) is 4.47. The van der Waals surface area contributed by atoms with Crippen molar-refractivity contribution >= 4 is 50.4 Å². The van der Waals surface area contributed by atoms with Gasteiger partial charge in [0.15, 0.2) is 0 Å². The Balaban J connectivity index is 2.26. The molecule has 0 radical (unpaired) electrons. The highest BCUT2D eigenvalue weighted by molar-refractivity contribution is 14.1. The molecule has 0 saturated heterocycles. The number of halogens is 2. The van der Waals surface area contributed by atoms with E-state index in [-0.39, 0.29) is 0 Å². The summed E-state index contributed by atoms with van der Waals surface area (Å²) in [6.07, 6.45) is 1.83. The van der Waals surface area contributed by atoms with Crippen LogP contribution >= 0.6 is 38.5 Å². The van der Waals surface area contributed by atoms with E-state index in [1.807, 2.05) is 55.6 Å². The van der Waals surface area contributed by atoms with Gasteiger partial charge in [0.05, 0.1) is 12.3 Å². The quantitative estimate of drug-likeness (QED) is 0.483. The summed E-state index contributed by atoms with van der Waals surface area (Å²) in [5.74, 6) is 0.847. The zero-order valence-corrected chi connectivity index (χ0v) is 14.2. The van der Waals surface area contributed by atoms with Crippen LogP contribution in [0.3, 0.4) is 0 Å². The van der Waals surface area contributed by atoms with Crippen LogP contribution in [0.15, 0.2) is 51.9 Å². The molecule has 4 heteroatoms. The Hall–Kier alpha value is -0.880. The van der Waals surface area contributed by atoms with Crippen molar-refractivity contribution in [2.75, 3.05) is 6.61 Å². The standard InChI is InChI=1S/C15H13BrINO/c1-2-19-15-8-3-12(16)9-11(15)10-18-14-6-4-13(17)5-7-14/h3-10H,2H2,1H3/b18-10+. The smallest absolute Gasteiger partial charge is 0.128 e. The number of aliphatic imine (C=N–C) groups is 1. The maximum Gasteiger partial charge on any atom is 0.128 e. The largest absolute Gasteiger partial charge is 0.493 e. The summed E-state index contributed by atoms with van der Waals surface area (Å²) in [5.41, 5.74) is 1.90. The van der Waals surface area contributed by atoms with Gasteiger partial charge < -0.3 is 4.74 Å². The Morgan fingerprint density at radius 1 is 1.21 bits per heavy atom. The molecule has 0 N–H and O–H groups in total. The van der Waals surface area contributed by atoms with Crippen LogP contribution in [0, 0.1) is 3.57 Å². The first-order valence-corrected chi connectivity index (χ1v) is 7.78. The minimum absolute atomic E-state index is 0.645. The third-order valence-corrected chi connectivity index (χ3v) is 3.66. The topological polar surface area (TPSA) is 21.6 Å². The summed E-state index contributed by atoms with van der Waals surface area (Å²) in [7, 11) is 0. The van der Waals surface area contributed by atoms with E-state index in [0.717, 1.165) is 21.5 Å². The number of hydrogen-bond acceptors (Lipinski definition) is 2.